The zero-order valence-corrected chi connectivity index (χ0v) is 4.59. The van der Waals surface area contributed by atoms with Gasteiger partial charge in [-0.15, -0.1) is 10.1 Å². The van der Waals surface area contributed by atoms with Gasteiger partial charge in [0.05, 0.1) is 0 Å². The molecule has 0 N–H and O–H groups in total. The Kier molecular flexibility index (Phi) is 2.92. The first kappa shape index (κ1) is 7.51. The second-order valence-corrected chi connectivity index (χ2v) is 1.13. The molecule has 0 radical (unpaired) electrons. The van der Waals surface area contributed by atoms with Gasteiger partial charge in [0.2, 0.25) is 0 Å². The molecule has 1 atom stereocenters. The van der Waals surface area contributed by atoms with Gasteiger partial charge < -0.3 is 4.84 Å². The van der Waals surface area contributed by atoms with Gasteiger partial charge in [0.1, 0.15) is 0 Å². The molecule has 0 saturated heterocycles. The molecule has 0 amide bonds. The van der Waals surface area contributed by atoms with E-state index in [0.29, 0.717) is 0 Å². The molecule has 0 saturated carbocycles. The first-order valence-electron chi connectivity index (χ1n) is 2.02. The monoisotopic (exact) mass is 132 g/mol. The highest BCUT2D eigenvalue weighted by atomic mass is 17.0. The molecule has 0 spiro atoms. The quantitative estimate of drug-likeness (QED) is 0.187. The smallest absolute Gasteiger partial charge is 0.294 e. The molecule has 0 aliphatic carbocycles. The zero-order chi connectivity index (χ0) is 7.28. The van der Waals surface area contributed by atoms with Crippen molar-refractivity contribution in [1.29, 1.82) is 0 Å². The van der Waals surface area contributed by atoms with Crippen molar-refractivity contribution in [2.24, 2.45) is 5.11 Å². The number of nitrogens with zero attached hydrogens (tertiary/aromatic N) is 4. The summed E-state index contributed by atoms with van der Waals surface area (Å²) < 4.78 is 0. The second-order valence-electron chi connectivity index (χ2n) is 1.13. The van der Waals surface area contributed by atoms with Gasteiger partial charge in [0.25, 0.3) is 5.09 Å². The van der Waals surface area contributed by atoms with E-state index in [1.807, 2.05) is 0 Å². The summed E-state index contributed by atoms with van der Waals surface area (Å²) in [4.78, 5) is 15.6. The Labute approximate surface area is 50.0 Å². The second kappa shape index (κ2) is 3.50. The maximum atomic E-state index is 9.48. The van der Waals surface area contributed by atoms with E-state index in [2.05, 4.69) is 14.9 Å². The Hall–Kier alpha value is -1.49. The zero-order valence-electron chi connectivity index (χ0n) is 4.59. The van der Waals surface area contributed by atoms with Gasteiger partial charge in [-0.3, -0.25) is 0 Å². The van der Waals surface area contributed by atoms with Crippen LogP contribution in [0, 0.1) is 10.1 Å². The highest BCUT2D eigenvalue weighted by Crippen LogP contribution is 1.90. The summed E-state index contributed by atoms with van der Waals surface area (Å²) in [6, 6.07) is 0. The van der Waals surface area contributed by atoms with Gasteiger partial charge in [0, 0.05) is 4.91 Å². The summed E-state index contributed by atoms with van der Waals surface area (Å²) in [7, 11) is 0. The van der Waals surface area contributed by atoms with Crippen LogP contribution >= 0.6 is 0 Å². The van der Waals surface area contributed by atoms with Crippen LogP contribution in [0.15, 0.2) is 5.11 Å². The van der Waals surface area contributed by atoms with Crippen molar-refractivity contribution >= 4 is 0 Å². The Morgan fingerprint density at radius 1 is 2.00 bits per heavy atom. The summed E-state index contributed by atoms with van der Waals surface area (Å²) in [6.07, 6.45) is -1.05. The number of azide groups is 1. The third-order valence-electron chi connectivity index (χ3n) is 0.453. The average Bonchev–Trinajstić information content (AvgIpc) is 1.63. The summed E-state index contributed by atoms with van der Waals surface area (Å²) in [5, 5.41) is 11.4. The van der Waals surface area contributed by atoms with E-state index in [1.165, 1.54) is 6.92 Å². The van der Waals surface area contributed by atoms with Crippen molar-refractivity contribution in [3.8, 4) is 0 Å². The maximum Gasteiger partial charge on any atom is 0.294 e. The van der Waals surface area contributed by atoms with E-state index in [4.69, 9.17) is 5.53 Å². The standard InChI is InChI=1S/C2H4N4O3/c1-2(4-5-3)9-6(7)8/h2H,1H3. The molecule has 0 aromatic rings. The minimum atomic E-state index is -1.05. The molecule has 0 aromatic heterocycles. The molecule has 7 nitrogen and oxygen atoms in total. The van der Waals surface area contributed by atoms with Gasteiger partial charge >= 0.3 is 0 Å². The molecule has 0 bridgehead atoms. The lowest BCUT2D eigenvalue weighted by Gasteiger charge is -1.97. The van der Waals surface area contributed by atoms with Crippen LogP contribution < -0.4 is 0 Å². The first-order valence-corrected chi connectivity index (χ1v) is 2.02. The minimum Gasteiger partial charge on any atom is -0.305 e. The average molecular weight is 132 g/mol. The van der Waals surface area contributed by atoms with Crippen LogP contribution in [0.25, 0.3) is 10.4 Å². The molecule has 0 aliphatic heterocycles. The highest BCUT2D eigenvalue weighted by molar-refractivity contribution is 4.44. The minimum absolute atomic E-state index is 1.01. The highest BCUT2D eigenvalue weighted by Gasteiger charge is 2.01. The van der Waals surface area contributed by atoms with Crippen molar-refractivity contribution in [3.05, 3.63) is 20.6 Å². The van der Waals surface area contributed by atoms with Crippen molar-refractivity contribution in [1.82, 2.24) is 0 Å². The number of hydrogen-bond acceptors (Lipinski definition) is 4. The van der Waals surface area contributed by atoms with Crippen LogP contribution in [0.3, 0.4) is 0 Å². The fourth-order valence-electron chi connectivity index (χ4n) is 0.218. The van der Waals surface area contributed by atoms with E-state index in [0.717, 1.165) is 0 Å². The number of rotatable bonds is 3. The Morgan fingerprint density at radius 3 is 2.89 bits per heavy atom. The van der Waals surface area contributed by atoms with Crippen molar-refractivity contribution < 1.29 is 9.92 Å². The molecule has 0 rings (SSSR count). The predicted molar refractivity (Wildman–Crippen MR) is 26.7 cm³/mol. The summed E-state index contributed by atoms with van der Waals surface area (Å²) >= 11 is 0. The molecule has 0 aliphatic rings. The normalized spacial score (nSPS) is 11.2. The summed E-state index contributed by atoms with van der Waals surface area (Å²) in [5.74, 6) is 0. The topological polar surface area (TPSA) is 101 Å². The molecular formula is C2H4N4O3. The van der Waals surface area contributed by atoms with Crippen LogP contribution in [-0.4, -0.2) is 11.3 Å². The molecule has 0 aromatic carbocycles. The third-order valence-corrected chi connectivity index (χ3v) is 0.453. The first-order chi connectivity index (χ1) is 4.16. The van der Waals surface area contributed by atoms with Crippen LogP contribution in [0.2, 0.25) is 0 Å². The van der Waals surface area contributed by atoms with E-state index in [-0.39, 0.29) is 0 Å². The van der Waals surface area contributed by atoms with E-state index >= 15 is 0 Å². The van der Waals surface area contributed by atoms with Crippen molar-refractivity contribution in [2.75, 3.05) is 0 Å². The van der Waals surface area contributed by atoms with Crippen LogP contribution in [0.1, 0.15) is 6.92 Å². The number of hydrogen-bond donors (Lipinski definition) is 0. The molecule has 0 heterocycles. The van der Waals surface area contributed by atoms with Crippen LogP contribution in [0.4, 0.5) is 0 Å². The summed E-state index contributed by atoms with van der Waals surface area (Å²) in [6.45, 7) is 1.27. The van der Waals surface area contributed by atoms with Gasteiger partial charge in [-0.1, -0.05) is 5.11 Å². The van der Waals surface area contributed by atoms with Crippen molar-refractivity contribution in [3.63, 3.8) is 0 Å². The predicted octanol–water partition coefficient (Wildman–Crippen LogP) is 0.851. The lowest BCUT2D eigenvalue weighted by molar-refractivity contribution is -0.767. The lowest BCUT2D eigenvalue weighted by atomic mass is 10.7. The lowest BCUT2D eigenvalue weighted by Crippen LogP contribution is -2.09. The Balaban J connectivity index is 3.62. The molecule has 1 unspecified atom stereocenters. The third kappa shape index (κ3) is 4.36. The van der Waals surface area contributed by atoms with Gasteiger partial charge in [-0.2, -0.15) is 0 Å². The van der Waals surface area contributed by atoms with Crippen molar-refractivity contribution in [2.45, 2.75) is 13.2 Å². The molecule has 0 fully saturated rings. The fourth-order valence-corrected chi connectivity index (χ4v) is 0.218. The molecule has 50 valence electrons. The SMILES string of the molecule is CC(N=[N+]=[N-])O[N+](=O)[O-]. The molecule has 7 heteroatoms. The fraction of sp³-hybridized carbons (Fsp3) is 1.00. The summed E-state index contributed by atoms with van der Waals surface area (Å²) in [5.41, 5.74) is 7.71. The van der Waals surface area contributed by atoms with E-state index < -0.39 is 11.3 Å². The van der Waals surface area contributed by atoms with Gasteiger partial charge in [0.15, 0.2) is 6.23 Å². The molecular weight excluding hydrogens is 128 g/mol. The molecule has 9 heavy (non-hydrogen) atoms. The Morgan fingerprint density at radius 2 is 2.56 bits per heavy atom. The largest absolute Gasteiger partial charge is 0.305 e. The van der Waals surface area contributed by atoms with Gasteiger partial charge in [-0.05, 0) is 12.5 Å². The van der Waals surface area contributed by atoms with Crippen LogP contribution in [0.5, 0.6) is 0 Å². The Bertz CT molecular complexity index is 150. The van der Waals surface area contributed by atoms with E-state index in [9.17, 15) is 10.1 Å². The van der Waals surface area contributed by atoms with Crippen LogP contribution in [-0.2, 0) is 4.84 Å². The van der Waals surface area contributed by atoms with Gasteiger partial charge in [-0.25, -0.2) is 0 Å². The maximum absolute atomic E-state index is 9.48. The van der Waals surface area contributed by atoms with E-state index in [1.54, 1.807) is 0 Å².